The molecule has 0 aliphatic heterocycles. The standard InChI is InChI=1S/C4H7.ClH.Pd/c1-3-4-2;;/h3-4H,1H2,2H3;1H;/q-1;;+2/p-1. The first-order valence-electron chi connectivity index (χ1n) is 1.44. The molecule has 0 aliphatic carbocycles. The second kappa shape index (κ2) is 17.6. The Balaban J connectivity index is 0. The third-order valence-electron chi connectivity index (χ3n) is 0.236. The van der Waals surface area contributed by atoms with Crippen molar-refractivity contribution in [3.63, 3.8) is 0 Å². The van der Waals surface area contributed by atoms with Gasteiger partial charge in [-0.1, -0.05) is 0 Å². The fourth-order valence-corrected chi connectivity index (χ4v) is 0. The first-order chi connectivity index (χ1) is 2.91. The van der Waals surface area contributed by atoms with E-state index in [0.717, 1.165) is 0 Å². The van der Waals surface area contributed by atoms with Gasteiger partial charge in [-0.15, -0.1) is 6.92 Å². The molecule has 0 aromatic rings. The molecule has 0 rings (SSSR count). The van der Waals surface area contributed by atoms with Crippen LogP contribution in [-0.4, -0.2) is 0 Å². The monoisotopic (exact) mass is 196 g/mol. The average Bonchev–Trinajstić information content (AvgIpc) is 1.72. The maximum absolute atomic E-state index is 4.49. The summed E-state index contributed by atoms with van der Waals surface area (Å²) in [5, 5.41) is 0. The Kier molecular flexibility index (Phi) is 28.7. The van der Waals surface area contributed by atoms with Gasteiger partial charge in [-0.2, -0.15) is 0 Å². The van der Waals surface area contributed by atoms with Crippen LogP contribution in [0.5, 0.6) is 0 Å². The normalized spacial score (nSPS) is 7.33. The molecular formula is C4H7ClPd. The van der Waals surface area contributed by atoms with Crippen LogP contribution >= 0.6 is 9.53 Å². The van der Waals surface area contributed by atoms with E-state index >= 15 is 0 Å². The molecule has 0 fully saturated rings. The van der Waals surface area contributed by atoms with Gasteiger partial charge in [0.2, 0.25) is 0 Å². The fourth-order valence-electron chi connectivity index (χ4n) is 0. The molecule has 2 heteroatoms. The second-order valence-electron chi connectivity index (χ2n) is 0.569. The molecule has 0 aromatic carbocycles. The summed E-state index contributed by atoms with van der Waals surface area (Å²) >= 11 is 2.22. The van der Waals surface area contributed by atoms with Gasteiger partial charge in [-0.3, -0.25) is 0 Å². The molecule has 0 saturated heterocycles. The molecule has 0 saturated carbocycles. The minimum absolute atomic E-state index is 1.75. The Labute approximate surface area is 54.0 Å². The van der Waals surface area contributed by atoms with Crippen molar-refractivity contribution in [2.45, 2.75) is 6.92 Å². The van der Waals surface area contributed by atoms with Gasteiger partial charge in [-0.05, 0) is 0 Å². The van der Waals surface area contributed by atoms with Gasteiger partial charge in [-0.25, -0.2) is 19.1 Å². The summed E-state index contributed by atoms with van der Waals surface area (Å²) in [5.41, 5.74) is 0. The van der Waals surface area contributed by atoms with E-state index in [1.807, 2.05) is 13.0 Å². The second-order valence-corrected chi connectivity index (χ2v) is 0.569. The van der Waals surface area contributed by atoms with Crippen LogP contribution in [0.15, 0.2) is 12.2 Å². The third kappa shape index (κ3) is 23.7. The van der Waals surface area contributed by atoms with Crippen LogP contribution in [0.4, 0.5) is 0 Å². The summed E-state index contributed by atoms with van der Waals surface area (Å²) in [6.45, 7) is 5.36. The van der Waals surface area contributed by atoms with Gasteiger partial charge in [0.1, 0.15) is 0 Å². The number of hydrogen-bond acceptors (Lipinski definition) is 0. The fraction of sp³-hybridized carbons (Fsp3) is 0.250. The number of allylic oxidation sites excluding steroid dienone is 2. The SMILES string of the molecule is [CH2-]C=CC.[Cl][Pd+]. The Morgan fingerprint density at radius 3 is 1.83 bits per heavy atom. The number of hydrogen-bond donors (Lipinski definition) is 0. The molecular weight excluding hydrogens is 190 g/mol. The van der Waals surface area contributed by atoms with E-state index < -0.39 is 0 Å². The Morgan fingerprint density at radius 2 is 1.83 bits per heavy atom. The van der Waals surface area contributed by atoms with Gasteiger partial charge >= 0.3 is 27.7 Å². The molecule has 0 aliphatic rings. The summed E-state index contributed by atoms with van der Waals surface area (Å²) in [6.07, 6.45) is 3.64. The summed E-state index contributed by atoms with van der Waals surface area (Å²) < 4.78 is 0. The molecule has 40 valence electrons. The van der Waals surface area contributed by atoms with Gasteiger partial charge in [0, 0.05) is 0 Å². The zero-order valence-corrected chi connectivity index (χ0v) is 5.87. The predicted octanol–water partition coefficient (Wildman–Crippen LogP) is 2.08. The first-order valence-corrected chi connectivity index (χ1v) is 3.44. The molecule has 0 atom stereocenters. The van der Waals surface area contributed by atoms with Crippen LogP contribution in [-0.2, 0) is 18.2 Å². The van der Waals surface area contributed by atoms with Crippen LogP contribution in [0, 0.1) is 6.92 Å². The van der Waals surface area contributed by atoms with Crippen LogP contribution < -0.4 is 0 Å². The molecule has 0 unspecified atom stereocenters. The van der Waals surface area contributed by atoms with E-state index in [9.17, 15) is 0 Å². The molecule has 0 spiro atoms. The molecule has 0 aromatic heterocycles. The van der Waals surface area contributed by atoms with E-state index in [0.29, 0.717) is 0 Å². The third-order valence-corrected chi connectivity index (χ3v) is 0.236. The van der Waals surface area contributed by atoms with Crippen molar-refractivity contribution in [2.24, 2.45) is 0 Å². The van der Waals surface area contributed by atoms with Gasteiger partial charge in [0.25, 0.3) is 0 Å². The van der Waals surface area contributed by atoms with Crippen molar-refractivity contribution in [2.75, 3.05) is 0 Å². The van der Waals surface area contributed by atoms with Crippen molar-refractivity contribution in [1.29, 1.82) is 0 Å². The van der Waals surface area contributed by atoms with Crippen molar-refractivity contribution < 1.29 is 18.2 Å². The Morgan fingerprint density at radius 1 is 1.67 bits per heavy atom. The van der Waals surface area contributed by atoms with E-state index in [2.05, 4.69) is 34.6 Å². The van der Waals surface area contributed by atoms with Gasteiger partial charge < -0.3 is 0 Å². The summed E-state index contributed by atoms with van der Waals surface area (Å²) in [6, 6.07) is 0. The van der Waals surface area contributed by atoms with Crippen molar-refractivity contribution in [3.05, 3.63) is 19.1 Å². The van der Waals surface area contributed by atoms with Gasteiger partial charge in [0.05, 0.1) is 0 Å². The van der Waals surface area contributed by atoms with E-state index in [-0.39, 0.29) is 0 Å². The van der Waals surface area contributed by atoms with Gasteiger partial charge in [0.15, 0.2) is 0 Å². The zero-order valence-electron chi connectivity index (χ0n) is 3.56. The quantitative estimate of drug-likeness (QED) is 0.412. The molecule has 0 radical (unpaired) electrons. The van der Waals surface area contributed by atoms with E-state index in [1.54, 1.807) is 6.08 Å². The molecule has 0 nitrogen and oxygen atoms in total. The maximum atomic E-state index is 4.49. The molecule has 0 heterocycles. The average molecular weight is 197 g/mol. The van der Waals surface area contributed by atoms with Crippen LogP contribution in [0.2, 0.25) is 0 Å². The van der Waals surface area contributed by atoms with Crippen molar-refractivity contribution >= 4 is 9.53 Å². The minimum atomic E-state index is 1.75. The van der Waals surface area contributed by atoms with Crippen molar-refractivity contribution in [3.8, 4) is 0 Å². The topological polar surface area (TPSA) is 0 Å². The first kappa shape index (κ1) is 9.75. The Hall–Kier alpha value is 0.562. The summed E-state index contributed by atoms with van der Waals surface area (Å²) in [4.78, 5) is 0. The van der Waals surface area contributed by atoms with Crippen LogP contribution in [0.1, 0.15) is 6.92 Å². The van der Waals surface area contributed by atoms with Crippen LogP contribution in [0.3, 0.4) is 0 Å². The summed E-state index contributed by atoms with van der Waals surface area (Å²) in [7, 11) is 4.49. The molecule has 0 N–H and O–H groups in total. The molecule has 0 bridgehead atoms. The van der Waals surface area contributed by atoms with Crippen molar-refractivity contribution in [1.82, 2.24) is 0 Å². The molecule has 6 heavy (non-hydrogen) atoms. The van der Waals surface area contributed by atoms with E-state index in [1.165, 1.54) is 0 Å². The molecule has 0 amide bonds. The zero-order chi connectivity index (χ0) is 5.41. The van der Waals surface area contributed by atoms with E-state index in [4.69, 9.17) is 0 Å². The summed E-state index contributed by atoms with van der Waals surface area (Å²) in [5.74, 6) is 0. The predicted molar refractivity (Wildman–Crippen MR) is 26.0 cm³/mol. The number of halogens is 1. The number of rotatable bonds is 0. The van der Waals surface area contributed by atoms with Crippen LogP contribution in [0.25, 0.3) is 0 Å². The Bertz CT molecular complexity index is 22.7.